The van der Waals surface area contributed by atoms with E-state index in [1.54, 1.807) is 30.1 Å². The number of carbonyl (C=O) groups excluding carboxylic acids is 3. The molecule has 2 N–H and O–H groups in total. The number of carbonyl (C=O) groups is 3. The zero-order valence-electron chi connectivity index (χ0n) is 22.4. The van der Waals surface area contributed by atoms with Crippen molar-refractivity contribution in [3.63, 3.8) is 0 Å². The van der Waals surface area contributed by atoms with Gasteiger partial charge in [-0.3, -0.25) is 14.4 Å². The van der Waals surface area contributed by atoms with Gasteiger partial charge in [-0.15, -0.1) is 0 Å². The Bertz CT molecular complexity index is 1280. The largest absolute Gasteiger partial charge is 0.408 e. The molecule has 1 atom stereocenters. The lowest BCUT2D eigenvalue weighted by Crippen LogP contribution is -2.54. The molecule has 0 fully saturated rings. The third-order valence-corrected chi connectivity index (χ3v) is 6.77. The summed E-state index contributed by atoms with van der Waals surface area (Å²) in [5.74, 6) is 0.189. The number of nitrogens with one attached hydrogen (secondary N) is 2. The van der Waals surface area contributed by atoms with Gasteiger partial charge in [-0.1, -0.05) is 61.5 Å². The van der Waals surface area contributed by atoms with Crippen molar-refractivity contribution in [3.05, 3.63) is 95.8 Å². The Balaban J connectivity index is 1.71. The highest BCUT2D eigenvalue weighted by Crippen LogP contribution is 2.20. The van der Waals surface area contributed by atoms with Crippen LogP contribution in [0.4, 0.5) is 4.39 Å². The summed E-state index contributed by atoms with van der Waals surface area (Å²) in [5, 5.41) is 5.77. The Kier molecular flexibility index (Phi) is 10.9. The molecule has 0 bridgehead atoms. The van der Waals surface area contributed by atoms with Gasteiger partial charge >= 0.3 is 5.97 Å². The third-order valence-electron chi connectivity index (χ3n) is 5.95. The van der Waals surface area contributed by atoms with Gasteiger partial charge < -0.3 is 15.2 Å². The van der Waals surface area contributed by atoms with E-state index in [1.165, 1.54) is 12.1 Å². The maximum atomic E-state index is 13.3. The minimum atomic E-state index is -0.960. The lowest BCUT2D eigenvalue weighted by Gasteiger charge is -2.29. The molecule has 3 aromatic carbocycles. The van der Waals surface area contributed by atoms with Crippen molar-refractivity contribution in [2.45, 2.75) is 58.0 Å². The van der Waals surface area contributed by atoms with Crippen molar-refractivity contribution < 1.29 is 23.3 Å². The second-order valence-electron chi connectivity index (χ2n) is 9.84. The van der Waals surface area contributed by atoms with Crippen LogP contribution >= 0.6 is 8.43 Å². The molecule has 3 aromatic rings. The zero-order chi connectivity index (χ0) is 28.3. The first-order valence-electron chi connectivity index (χ1n) is 12.9. The minimum absolute atomic E-state index is 0.0335. The first-order chi connectivity index (χ1) is 18.7. The van der Waals surface area contributed by atoms with Crippen LogP contribution in [0.3, 0.4) is 0 Å². The summed E-state index contributed by atoms with van der Waals surface area (Å²) in [6.45, 7) is 5.64. The highest BCUT2D eigenvalue weighted by atomic mass is 31.1. The van der Waals surface area contributed by atoms with Crippen molar-refractivity contribution in [3.8, 4) is 11.1 Å². The highest BCUT2D eigenvalue weighted by Gasteiger charge is 2.28. The molecule has 6 nitrogen and oxygen atoms in total. The number of amides is 2. The molecular weight excluding hydrogens is 514 g/mol. The smallest absolute Gasteiger partial charge is 0.314 e. The van der Waals surface area contributed by atoms with E-state index in [9.17, 15) is 18.8 Å². The number of rotatable bonds is 12. The van der Waals surface area contributed by atoms with E-state index in [4.69, 9.17) is 4.52 Å². The number of benzene rings is 3. The van der Waals surface area contributed by atoms with Gasteiger partial charge in [0.15, 0.2) is 0 Å². The maximum absolute atomic E-state index is 13.3. The molecule has 0 aliphatic carbocycles. The van der Waals surface area contributed by atoms with Crippen molar-refractivity contribution in [2.75, 3.05) is 0 Å². The minimum Gasteiger partial charge on any atom is -0.408 e. The molecule has 8 heteroatoms. The van der Waals surface area contributed by atoms with Crippen molar-refractivity contribution in [1.82, 2.24) is 10.6 Å². The SMILES string of the molecule is CCC=POC(=O)CC[C@H](NC(=O)c1ccc(-c2ccccc2)cc1)C(=O)NC(C)(C)Cc1ccc(F)cc1. The summed E-state index contributed by atoms with van der Waals surface area (Å²) in [7, 11) is 0.455. The Hall–Kier alpha value is -3.83. The lowest BCUT2D eigenvalue weighted by molar-refractivity contribution is -0.133. The summed E-state index contributed by atoms with van der Waals surface area (Å²) in [6.07, 6.45) is 1.26. The number of hydrogen-bond donors (Lipinski definition) is 2. The quantitative estimate of drug-likeness (QED) is 0.267. The van der Waals surface area contributed by atoms with E-state index >= 15 is 0 Å². The number of hydrogen-bond acceptors (Lipinski definition) is 4. The predicted molar refractivity (Wildman–Crippen MR) is 154 cm³/mol. The van der Waals surface area contributed by atoms with Gasteiger partial charge in [0.05, 0.1) is 0 Å². The Morgan fingerprint density at radius 1 is 0.949 bits per heavy atom. The van der Waals surface area contributed by atoms with Gasteiger partial charge in [-0.05, 0) is 79.9 Å². The first kappa shape index (κ1) is 29.7. The number of halogens is 1. The normalized spacial score (nSPS) is 12.1. The van der Waals surface area contributed by atoms with E-state index in [1.807, 2.05) is 63.2 Å². The van der Waals surface area contributed by atoms with E-state index in [-0.39, 0.29) is 18.7 Å². The molecule has 0 unspecified atom stereocenters. The van der Waals surface area contributed by atoms with Gasteiger partial charge in [0.2, 0.25) is 5.91 Å². The van der Waals surface area contributed by atoms with Crippen LogP contribution in [0.5, 0.6) is 0 Å². The van der Waals surface area contributed by atoms with Crippen molar-refractivity contribution in [1.29, 1.82) is 0 Å². The molecule has 2 amide bonds. The molecular formula is C31H34FN2O4P. The van der Waals surface area contributed by atoms with Crippen LogP contribution in [0.2, 0.25) is 0 Å². The second-order valence-corrected chi connectivity index (χ2v) is 10.6. The van der Waals surface area contributed by atoms with Gasteiger partial charge in [-0.25, -0.2) is 4.39 Å². The monoisotopic (exact) mass is 548 g/mol. The standard InChI is InChI=1S/C31H34FN2O4P/c1-4-20-39-38-28(35)19-18-27(30(37)34-31(2,3)21-22-10-16-26(32)17-11-22)33-29(36)25-14-12-24(13-15-25)23-8-6-5-7-9-23/h5-17,20,27H,4,18-19,21H2,1-3H3,(H,33,36)(H,34,37)/t27-/m0/s1. The molecule has 204 valence electrons. The van der Waals surface area contributed by atoms with Crippen LogP contribution in [0, 0.1) is 5.82 Å². The van der Waals surface area contributed by atoms with Crippen LogP contribution < -0.4 is 10.6 Å². The van der Waals surface area contributed by atoms with Gasteiger partial charge in [0.1, 0.15) is 20.3 Å². The molecule has 39 heavy (non-hydrogen) atoms. The van der Waals surface area contributed by atoms with Crippen LogP contribution in [0.25, 0.3) is 11.1 Å². The summed E-state index contributed by atoms with van der Waals surface area (Å²) in [5.41, 5.74) is 2.56. The van der Waals surface area contributed by atoms with Crippen molar-refractivity contribution >= 4 is 32.0 Å². The predicted octanol–water partition coefficient (Wildman–Crippen LogP) is 6.13. The van der Waals surface area contributed by atoms with Gasteiger partial charge in [-0.2, -0.15) is 0 Å². The maximum Gasteiger partial charge on any atom is 0.314 e. The van der Waals surface area contributed by atoms with E-state index in [0.29, 0.717) is 20.4 Å². The molecule has 0 radical (unpaired) electrons. The molecule has 0 saturated carbocycles. The average Bonchev–Trinajstić information content (AvgIpc) is 2.92. The van der Waals surface area contributed by atoms with Crippen LogP contribution in [-0.4, -0.2) is 35.2 Å². The topological polar surface area (TPSA) is 84.5 Å². The second kappa shape index (κ2) is 14.4. The fourth-order valence-electron chi connectivity index (χ4n) is 4.01. The van der Waals surface area contributed by atoms with Gasteiger partial charge in [0, 0.05) is 17.5 Å². The Morgan fingerprint density at radius 3 is 2.23 bits per heavy atom. The van der Waals surface area contributed by atoms with Crippen LogP contribution in [-0.2, 0) is 20.5 Å². The molecule has 0 aliphatic rings. The Morgan fingerprint density at radius 2 is 1.59 bits per heavy atom. The third kappa shape index (κ3) is 9.77. The van der Waals surface area contributed by atoms with E-state index in [0.717, 1.165) is 23.1 Å². The molecule has 0 spiro atoms. The van der Waals surface area contributed by atoms with Crippen LogP contribution in [0.1, 0.15) is 56.0 Å². The lowest BCUT2D eigenvalue weighted by atomic mass is 9.94. The van der Waals surface area contributed by atoms with Crippen LogP contribution in [0.15, 0.2) is 78.9 Å². The summed E-state index contributed by atoms with van der Waals surface area (Å²) < 4.78 is 18.5. The highest BCUT2D eigenvalue weighted by molar-refractivity contribution is 7.33. The van der Waals surface area contributed by atoms with Gasteiger partial charge in [0.25, 0.3) is 5.91 Å². The summed E-state index contributed by atoms with van der Waals surface area (Å²) in [6, 6.07) is 22.1. The zero-order valence-corrected chi connectivity index (χ0v) is 23.3. The molecule has 3 rings (SSSR count). The fourth-order valence-corrected chi connectivity index (χ4v) is 4.44. The first-order valence-corrected chi connectivity index (χ1v) is 13.8. The van der Waals surface area contributed by atoms with E-state index < -0.39 is 29.4 Å². The summed E-state index contributed by atoms with van der Waals surface area (Å²) in [4.78, 5) is 38.6. The molecule has 0 saturated heterocycles. The summed E-state index contributed by atoms with van der Waals surface area (Å²) >= 11 is 0. The van der Waals surface area contributed by atoms with E-state index in [2.05, 4.69) is 10.6 Å². The molecule has 0 heterocycles. The van der Waals surface area contributed by atoms with Crippen molar-refractivity contribution in [2.24, 2.45) is 0 Å². The molecule has 0 aliphatic heterocycles. The molecule has 0 aromatic heterocycles. The average molecular weight is 549 g/mol. The fraction of sp³-hybridized carbons (Fsp3) is 0.290. The Labute approximate surface area is 230 Å².